The van der Waals surface area contributed by atoms with E-state index >= 15 is 0 Å². The Hall–Kier alpha value is -2.12. The first-order chi connectivity index (χ1) is 13.7. The van der Waals surface area contributed by atoms with Gasteiger partial charge in [0.05, 0.1) is 11.4 Å². The molecule has 0 N–H and O–H groups in total. The van der Waals surface area contributed by atoms with Gasteiger partial charge in [-0.1, -0.05) is 55.9 Å². The highest BCUT2D eigenvalue weighted by molar-refractivity contribution is 8.13. The predicted molar refractivity (Wildman–Crippen MR) is 121 cm³/mol. The monoisotopic (exact) mass is 430 g/mol. The van der Waals surface area contributed by atoms with Gasteiger partial charge in [-0.3, -0.25) is 9.69 Å². The summed E-state index contributed by atoms with van der Waals surface area (Å²) in [7, 11) is -3.16. The van der Waals surface area contributed by atoms with Crippen molar-refractivity contribution in [1.82, 2.24) is 4.90 Å². The van der Waals surface area contributed by atoms with Crippen molar-refractivity contribution in [2.24, 2.45) is 4.99 Å². The molecule has 0 unspecified atom stereocenters. The Kier molecular flexibility index (Phi) is 6.80. The van der Waals surface area contributed by atoms with Crippen LogP contribution in [0.2, 0.25) is 0 Å². The number of hydrogen-bond acceptors (Lipinski definition) is 5. The second-order valence-corrected chi connectivity index (χ2v) is 10.7. The number of benzene rings is 2. The minimum atomic E-state index is -3.16. The molecule has 0 bridgehead atoms. The molecule has 1 aliphatic heterocycles. The number of rotatable bonds is 5. The Labute approximate surface area is 177 Å². The zero-order chi connectivity index (χ0) is 21.0. The normalized spacial score (nSPS) is 16.4. The van der Waals surface area contributed by atoms with Crippen molar-refractivity contribution in [3.05, 3.63) is 65.2 Å². The molecule has 1 fully saturated rings. The third kappa shape index (κ3) is 5.70. The second kappa shape index (κ2) is 9.13. The summed E-state index contributed by atoms with van der Waals surface area (Å²) in [4.78, 5) is 19.8. The third-order valence-corrected chi connectivity index (χ3v) is 6.53. The fourth-order valence-electron chi connectivity index (χ4n) is 3.27. The minimum Gasteiger partial charge on any atom is -0.287 e. The molecule has 0 aromatic heterocycles. The summed E-state index contributed by atoms with van der Waals surface area (Å²) in [5.74, 6) is 1.03. The van der Waals surface area contributed by atoms with Gasteiger partial charge in [0.1, 0.15) is 0 Å². The van der Waals surface area contributed by atoms with Crippen molar-refractivity contribution >= 4 is 38.4 Å². The fourth-order valence-corrected chi connectivity index (χ4v) is 5.01. The smallest absolute Gasteiger partial charge is 0.259 e. The summed E-state index contributed by atoms with van der Waals surface area (Å²) in [6.07, 6.45) is 2.09. The maximum atomic E-state index is 13.2. The van der Waals surface area contributed by atoms with Gasteiger partial charge >= 0.3 is 0 Å². The van der Waals surface area contributed by atoms with E-state index in [9.17, 15) is 13.2 Å². The number of carbonyl (C=O) groups excluding carboxylic acids is 1. The van der Waals surface area contributed by atoms with Gasteiger partial charge < -0.3 is 0 Å². The molecule has 1 aliphatic rings. The van der Waals surface area contributed by atoms with Crippen LogP contribution >= 0.6 is 11.8 Å². The van der Waals surface area contributed by atoms with Crippen LogP contribution in [0, 0.1) is 0 Å². The summed E-state index contributed by atoms with van der Waals surface area (Å²) in [5, 5.41) is 0.697. The molecule has 0 atom stereocenters. The molecular formula is C22H26N2O3S2. The van der Waals surface area contributed by atoms with E-state index in [4.69, 9.17) is 4.99 Å². The van der Waals surface area contributed by atoms with Crippen molar-refractivity contribution in [3.8, 4) is 0 Å². The molecule has 0 radical (unpaired) electrons. The Morgan fingerprint density at radius 2 is 1.93 bits per heavy atom. The zero-order valence-electron chi connectivity index (χ0n) is 17.0. The van der Waals surface area contributed by atoms with Gasteiger partial charge in [-0.25, -0.2) is 13.4 Å². The number of aliphatic imine (C=N–C) groups is 1. The van der Waals surface area contributed by atoms with E-state index in [1.807, 2.05) is 18.2 Å². The van der Waals surface area contributed by atoms with Crippen LogP contribution < -0.4 is 0 Å². The van der Waals surface area contributed by atoms with E-state index in [0.717, 1.165) is 23.4 Å². The Morgan fingerprint density at radius 1 is 1.17 bits per heavy atom. The van der Waals surface area contributed by atoms with Crippen molar-refractivity contribution in [2.45, 2.75) is 31.9 Å². The number of hydrogen-bond donors (Lipinski definition) is 0. The fraction of sp³-hybridized carbons (Fsp3) is 0.364. The summed E-state index contributed by atoms with van der Waals surface area (Å²) in [6, 6.07) is 14.9. The number of nitrogens with zero attached hydrogens (tertiary/aromatic N) is 2. The number of sulfone groups is 1. The van der Waals surface area contributed by atoms with E-state index in [-0.39, 0.29) is 11.7 Å². The standard InChI is InChI=1S/C22H26N2O3S2/c1-16(2)19-10-4-5-11-20(19)23-22-24(12-7-13-28-22)21(25)18-9-6-8-17(14-18)15-29(3,26)27/h4-6,8-11,14,16H,7,12-13,15H2,1-3H3. The van der Waals surface area contributed by atoms with Gasteiger partial charge in [-0.15, -0.1) is 0 Å². The Balaban J connectivity index is 1.93. The zero-order valence-corrected chi connectivity index (χ0v) is 18.6. The molecular weight excluding hydrogens is 404 g/mol. The SMILES string of the molecule is CC(C)c1ccccc1N=C1SCCCN1C(=O)c1cccc(CS(C)(=O)=O)c1. The maximum absolute atomic E-state index is 13.2. The number of carbonyl (C=O) groups is 1. The quantitative estimate of drug-likeness (QED) is 0.694. The molecule has 154 valence electrons. The van der Waals surface area contributed by atoms with Crippen LogP contribution in [0.3, 0.4) is 0 Å². The van der Waals surface area contributed by atoms with E-state index in [1.54, 1.807) is 40.9 Å². The second-order valence-electron chi connectivity index (χ2n) is 7.54. The lowest BCUT2D eigenvalue weighted by molar-refractivity contribution is 0.0849. The summed E-state index contributed by atoms with van der Waals surface area (Å²) < 4.78 is 23.2. The van der Waals surface area contributed by atoms with Gasteiger partial charge in [0.25, 0.3) is 5.91 Å². The van der Waals surface area contributed by atoms with Crippen LogP contribution in [0.15, 0.2) is 53.5 Å². The number of thioether (sulfide) groups is 1. The molecule has 1 heterocycles. The van der Waals surface area contributed by atoms with Crippen LogP contribution in [0.25, 0.3) is 0 Å². The molecule has 1 amide bonds. The molecule has 5 nitrogen and oxygen atoms in total. The van der Waals surface area contributed by atoms with Crippen LogP contribution in [-0.4, -0.2) is 42.9 Å². The molecule has 2 aromatic carbocycles. The molecule has 2 aromatic rings. The van der Waals surface area contributed by atoms with Crippen LogP contribution in [0.1, 0.15) is 47.7 Å². The van der Waals surface area contributed by atoms with Crippen LogP contribution in [0.4, 0.5) is 5.69 Å². The molecule has 0 spiro atoms. The molecule has 0 saturated carbocycles. The van der Waals surface area contributed by atoms with Gasteiger partial charge in [0.2, 0.25) is 0 Å². The first-order valence-electron chi connectivity index (χ1n) is 9.63. The lowest BCUT2D eigenvalue weighted by atomic mass is 10.0. The molecule has 0 aliphatic carbocycles. The topological polar surface area (TPSA) is 66.8 Å². The van der Waals surface area contributed by atoms with Gasteiger partial charge in [0.15, 0.2) is 15.0 Å². The van der Waals surface area contributed by atoms with Crippen molar-refractivity contribution in [3.63, 3.8) is 0 Å². The highest BCUT2D eigenvalue weighted by Gasteiger charge is 2.25. The van der Waals surface area contributed by atoms with E-state index in [0.29, 0.717) is 28.8 Å². The van der Waals surface area contributed by atoms with Crippen molar-refractivity contribution in [1.29, 1.82) is 0 Å². The largest absolute Gasteiger partial charge is 0.287 e. The third-order valence-electron chi connectivity index (χ3n) is 4.61. The number of amidine groups is 1. The predicted octanol–water partition coefficient (Wildman–Crippen LogP) is 4.62. The summed E-state index contributed by atoms with van der Waals surface area (Å²) in [5.41, 5.74) is 3.13. The molecule has 3 rings (SSSR count). The summed E-state index contributed by atoms with van der Waals surface area (Å²) >= 11 is 1.58. The lowest BCUT2D eigenvalue weighted by Gasteiger charge is -2.28. The van der Waals surface area contributed by atoms with Gasteiger partial charge in [-0.05, 0) is 41.7 Å². The van der Waals surface area contributed by atoms with Gasteiger partial charge in [-0.2, -0.15) is 0 Å². The number of amides is 1. The summed E-state index contributed by atoms with van der Waals surface area (Å²) in [6.45, 7) is 4.86. The van der Waals surface area contributed by atoms with Crippen molar-refractivity contribution < 1.29 is 13.2 Å². The molecule has 1 saturated heterocycles. The minimum absolute atomic E-state index is 0.0778. The highest BCUT2D eigenvalue weighted by Crippen LogP contribution is 2.30. The van der Waals surface area contributed by atoms with Crippen LogP contribution in [-0.2, 0) is 15.6 Å². The molecule has 7 heteroatoms. The van der Waals surface area contributed by atoms with Crippen molar-refractivity contribution in [2.75, 3.05) is 18.6 Å². The molecule has 29 heavy (non-hydrogen) atoms. The average Bonchev–Trinajstić information content (AvgIpc) is 2.67. The van der Waals surface area contributed by atoms with E-state index < -0.39 is 9.84 Å². The average molecular weight is 431 g/mol. The Morgan fingerprint density at radius 3 is 2.66 bits per heavy atom. The first kappa shape index (κ1) is 21.6. The van der Waals surface area contributed by atoms with Crippen LogP contribution in [0.5, 0.6) is 0 Å². The number of para-hydroxylation sites is 1. The van der Waals surface area contributed by atoms with E-state index in [1.165, 1.54) is 6.26 Å². The Bertz CT molecular complexity index is 1030. The highest BCUT2D eigenvalue weighted by atomic mass is 32.2. The lowest BCUT2D eigenvalue weighted by Crippen LogP contribution is -2.39. The van der Waals surface area contributed by atoms with E-state index in [2.05, 4.69) is 19.9 Å². The maximum Gasteiger partial charge on any atom is 0.259 e. The first-order valence-corrected chi connectivity index (χ1v) is 12.7. The van der Waals surface area contributed by atoms with Gasteiger partial charge in [0, 0.05) is 24.1 Å².